The van der Waals surface area contributed by atoms with Crippen molar-refractivity contribution in [3.05, 3.63) is 54.7 Å². The molecule has 1 aromatic heterocycles. The van der Waals surface area contributed by atoms with Crippen molar-refractivity contribution in [2.45, 2.75) is 4.90 Å². The molecule has 0 fully saturated rings. The summed E-state index contributed by atoms with van der Waals surface area (Å²) < 4.78 is 28.6. The second-order valence-corrected chi connectivity index (χ2v) is 6.32. The number of primary sulfonamides is 1. The van der Waals surface area contributed by atoms with Gasteiger partial charge in [-0.15, -0.1) is 0 Å². The lowest BCUT2D eigenvalue weighted by Gasteiger charge is -2.11. The van der Waals surface area contributed by atoms with E-state index in [4.69, 9.17) is 9.88 Å². The molecule has 0 saturated carbocycles. The molecule has 0 saturated heterocycles. The summed E-state index contributed by atoms with van der Waals surface area (Å²) in [6.45, 7) is 0. The van der Waals surface area contributed by atoms with Crippen molar-refractivity contribution in [3.63, 3.8) is 0 Å². The maximum Gasteiger partial charge on any atom is 0.241 e. The smallest absolute Gasteiger partial charge is 0.241 e. The van der Waals surface area contributed by atoms with Gasteiger partial charge in [-0.3, -0.25) is 4.98 Å². The van der Waals surface area contributed by atoms with Gasteiger partial charge in [-0.25, -0.2) is 13.6 Å². The number of hydrogen-bond donors (Lipinski definition) is 1. The highest BCUT2D eigenvalue weighted by atomic mass is 32.2. The van der Waals surface area contributed by atoms with Crippen LogP contribution in [0.1, 0.15) is 0 Å². The van der Waals surface area contributed by atoms with E-state index in [0.29, 0.717) is 0 Å². The zero-order valence-electron chi connectivity index (χ0n) is 11.9. The Bertz CT molecular complexity index is 947. The van der Waals surface area contributed by atoms with Gasteiger partial charge in [0.1, 0.15) is 10.6 Å². The Morgan fingerprint density at radius 1 is 1.09 bits per heavy atom. The van der Waals surface area contributed by atoms with Gasteiger partial charge in [-0.2, -0.15) is 0 Å². The van der Waals surface area contributed by atoms with Crippen LogP contribution in [-0.4, -0.2) is 20.5 Å². The minimum atomic E-state index is -3.87. The standard InChI is InChI=1S/C16H14N2O3S/c1-21-15-8-7-11(10-16(15)22(17,19)20)12-4-2-6-14-13(12)5-3-9-18-14/h2-10H,1H3,(H2,17,19,20). The van der Waals surface area contributed by atoms with E-state index in [1.165, 1.54) is 13.2 Å². The fraction of sp³-hybridized carbons (Fsp3) is 0.0625. The number of rotatable bonds is 3. The Hall–Kier alpha value is -2.44. The molecule has 3 rings (SSSR count). The zero-order chi connectivity index (χ0) is 15.7. The van der Waals surface area contributed by atoms with E-state index in [-0.39, 0.29) is 10.6 Å². The molecule has 6 heteroatoms. The van der Waals surface area contributed by atoms with Crippen molar-refractivity contribution in [1.29, 1.82) is 0 Å². The van der Waals surface area contributed by atoms with Crippen LogP contribution in [0.5, 0.6) is 5.75 Å². The molecule has 0 bridgehead atoms. The van der Waals surface area contributed by atoms with E-state index in [2.05, 4.69) is 4.98 Å². The molecule has 3 aromatic rings. The summed E-state index contributed by atoms with van der Waals surface area (Å²) in [6, 6.07) is 14.4. The average Bonchev–Trinajstić information content (AvgIpc) is 2.53. The first-order valence-electron chi connectivity index (χ1n) is 6.55. The van der Waals surface area contributed by atoms with Gasteiger partial charge < -0.3 is 4.74 Å². The van der Waals surface area contributed by atoms with Crippen molar-refractivity contribution in [3.8, 4) is 16.9 Å². The molecule has 0 amide bonds. The molecule has 0 atom stereocenters. The first-order chi connectivity index (χ1) is 10.5. The molecule has 0 aliphatic rings. The molecule has 2 aromatic carbocycles. The summed E-state index contributed by atoms with van der Waals surface area (Å²) >= 11 is 0. The largest absolute Gasteiger partial charge is 0.495 e. The summed E-state index contributed by atoms with van der Waals surface area (Å²) in [4.78, 5) is 4.27. The highest BCUT2D eigenvalue weighted by Crippen LogP contribution is 2.32. The molecule has 2 N–H and O–H groups in total. The lowest BCUT2D eigenvalue weighted by atomic mass is 10.0. The molecular formula is C16H14N2O3S. The maximum absolute atomic E-state index is 11.7. The third kappa shape index (κ3) is 2.54. The Morgan fingerprint density at radius 3 is 2.64 bits per heavy atom. The molecule has 0 aliphatic carbocycles. The topological polar surface area (TPSA) is 82.3 Å². The maximum atomic E-state index is 11.7. The fourth-order valence-electron chi connectivity index (χ4n) is 2.42. The predicted octanol–water partition coefficient (Wildman–Crippen LogP) is 2.56. The number of hydrogen-bond acceptors (Lipinski definition) is 4. The molecule has 0 spiro atoms. The molecule has 0 radical (unpaired) electrons. The summed E-state index contributed by atoms with van der Waals surface area (Å²) in [5.74, 6) is 0.226. The number of nitrogens with zero attached hydrogens (tertiary/aromatic N) is 1. The van der Waals surface area contributed by atoms with Crippen LogP contribution in [0.15, 0.2) is 59.6 Å². The number of pyridine rings is 1. The van der Waals surface area contributed by atoms with E-state index in [1.54, 1.807) is 18.3 Å². The van der Waals surface area contributed by atoms with E-state index in [1.807, 2.05) is 30.3 Å². The Morgan fingerprint density at radius 2 is 1.91 bits per heavy atom. The number of nitrogens with two attached hydrogens (primary N) is 1. The second kappa shape index (κ2) is 5.40. The van der Waals surface area contributed by atoms with Crippen LogP contribution in [0.25, 0.3) is 22.0 Å². The number of methoxy groups -OCH3 is 1. The zero-order valence-corrected chi connectivity index (χ0v) is 12.7. The van der Waals surface area contributed by atoms with Crippen LogP contribution in [0.4, 0.5) is 0 Å². The number of fused-ring (bicyclic) bond motifs is 1. The van der Waals surface area contributed by atoms with Crippen LogP contribution >= 0.6 is 0 Å². The van der Waals surface area contributed by atoms with Gasteiger partial charge in [0.05, 0.1) is 12.6 Å². The van der Waals surface area contributed by atoms with E-state index in [9.17, 15) is 8.42 Å². The first-order valence-corrected chi connectivity index (χ1v) is 8.10. The van der Waals surface area contributed by atoms with Crippen LogP contribution in [-0.2, 0) is 10.0 Å². The second-order valence-electron chi connectivity index (χ2n) is 4.79. The molecule has 0 aliphatic heterocycles. The Balaban J connectivity index is 2.28. The predicted molar refractivity (Wildman–Crippen MR) is 85.1 cm³/mol. The molecule has 5 nitrogen and oxygen atoms in total. The van der Waals surface area contributed by atoms with Crippen molar-refractivity contribution in [2.75, 3.05) is 7.11 Å². The van der Waals surface area contributed by atoms with Gasteiger partial charge in [0, 0.05) is 11.6 Å². The third-order valence-electron chi connectivity index (χ3n) is 3.43. The van der Waals surface area contributed by atoms with Crippen molar-refractivity contribution < 1.29 is 13.2 Å². The average molecular weight is 314 g/mol. The van der Waals surface area contributed by atoms with Gasteiger partial charge in [0.25, 0.3) is 0 Å². The molecule has 1 heterocycles. The van der Waals surface area contributed by atoms with Crippen molar-refractivity contribution in [1.82, 2.24) is 4.98 Å². The van der Waals surface area contributed by atoms with E-state index < -0.39 is 10.0 Å². The highest BCUT2D eigenvalue weighted by Gasteiger charge is 2.16. The summed E-state index contributed by atoms with van der Waals surface area (Å²) in [5, 5.41) is 6.21. The summed E-state index contributed by atoms with van der Waals surface area (Å²) in [7, 11) is -2.46. The monoisotopic (exact) mass is 314 g/mol. The van der Waals surface area contributed by atoms with Crippen molar-refractivity contribution >= 4 is 20.9 Å². The first kappa shape index (κ1) is 14.5. The quantitative estimate of drug-likeness (QED) is 0.805. The number of aromatic nitrogens is 1. The summed E-state index contributed by atoms with van der Waals surface area (Å²) in [6.07, 6.45) is 1.72. The normalized spacial score (nSPS) is 11.5. The number of sulfonamides is 1. The fourth-order valence-corrected chi connectivity index (χ4v) is 3.14. The number of ether oxygens (including phenoxy) is 1. The van der Waals surface area contributed by atoms with Gasteiger partial charge >= 0.3 is 0 Å². The van der Waals surface area contributed by atoms with E-state index in [0.717, 1.165) is 22.0 Å². The number of benzene rings is 2. The Kier molecular flexibility index (Phi) is 3.56. The van der Waals surface area contributed by atoms with Crippen molar-refractivity contribution in [2.24, 2.45) is 5.14 Å². The molecule has 112 valence electrons. The minimum absolute atomic E-state index is 0.0339. The molecule has 22 heavy (non-hydrogen) atoms. The van der Waals surface area contributed by atoms with Crippen LogP contribution in [0, 0.1) is 0 Å². The third-order valence-corrected chi connectivity index (χ3v) is 4.36. The SMILES string of the molecule is COc1ccc(-c2cccc3ncccc23)cc1S(N)(=O)=O. The highest BCUT2D eigenvalue weighted by molar-refractivity contribution is 7.89. The minimum Gasteiger partial charge on any atom is -0.495 e. The van der Waals surface area contributed by atoms with Crippen LogP contribution in [0.3, 0.4) is 0 Å². The van der Waals surface area contributed by atoms with Crippen LogP contribution in [0.2, 0.25) is 0 Å². The van der Waals surface area contributed by atoms with E-state index >= 15 is 0 Å². The molecule has 0 unspecified atom stereocenters. The lowest BCUT2D eigenvalue weighted by Crippen LogP contribution is -2.13. The van der Waals surface area contributed by atoms with Gasteiger partial charge in [0.2, 0.25) is 10.0 Å². The van der Waals surface area contributed by atoms with Gasteiger partial charge in [-0.05, 0) is 35.4 Å². The van der Waals surface area contributed by atoms with Gasteiger partial charge in [0.15, 0.2) is 0 Å². The molecular weight excluding hydrogens is 300 g/mol. The summed E-state index contributed by atoms with van der Waals surface area (Å²) in [5.41, 5.74) is 2.47. The lowest BCUT2D eigenvalue weighted by molar-refractivity contribution is 0.403. The van der Waals surface area contributed by atoms with Crippen LogP contribution < -0.4 is 9.88 Å². The Labute approximate surface area is 128 Å². The van der Waals surface area contributed by atoms with Gasteiger partial charge in [-0.1, -0.05) is 24.3 Å².